The first-order valence-corrected chi connectivity index (χ1v) is 5.38. The predicted molar refractivity (Wildman–Crippen MR) is 53.9 cm³/mol. The number of anilines is 1. The Bertz CT molecular complexity index is 403. The molecular formula is C8H10N4OS. The second-order valence-electron chi connectivity index (χ2n) is 3.14. The first-order valence-electron chi connectivity index (χ1n) is 4.56. The lowest BCUT2D eigenvalue weighted by Crippen LogP contribution is -2.36. The molecule has 2 aromatic rings. The van der Waals surface area contributed by atoms with Gasteiger partial charge in [-0.25, -0.2) is 9.50 Å². The molecule has 1 aliphatic rings. The molecule has 0 N–H and O–H groups in total. The van der Waals surface area contributed by atoms with E-state index in [0.717, 1.165) is 36.4 Å². The maximum absolute atomic E-state index is 5.29. The van der Waals surface area contributed by atoms with Crippen molar-refractivity contribution >= 4 is 21.4 Å². The standard InChI is InChI=1S/C8H10N4OS/c1-2-12-7(9-1)14-8(10-12)11-3-5-13-6-4-11/h1-2H,3-6H2. The molecule has 1 aliphatic heterocycles. The minimum atomic E-state index is 0.794. The molecule has 0 radical (unpaired) electrons. The Morgan fingerprint density at radius 1 is 1.36 bits per heavy atom. The van der Waals surface area contributed by atoms with Gasteiger partial charge in [0.15, 0.2) is 0 Å². The van der Waals surface area contributed by atoms with Crippen molar-refractivity contribution in [3.8, 4) is 0 Å². The van der Waals surface area contributed by atoms with E-state index in [2.05, 4.69) is 15.0 Å². The van der Waals surface area contributed by atoms with Crippen molar-refractivity contribution in [3.63, 3.8) is 0 Å². The number of morpholine rings is 1. The van der Waals surface area contributed by atoms with Crippen LogP contribution in [-0.4, -0.2) is 40.9 Å². The first-order chi connectivity index (χ1) is 6.93. The van der Waals surface area contributed by atoms with Crippen molar-refractivity contribution in [3.05, 3.63) is 12.4 Å². The summed E-state index contributed by atoms with van der Waals surface area (Å²) >= 11 is 1.62. The van der Waals surface area contributed by atoms with Crippen LogP contribution in [0.4, 0.5) is 5.13 Å². The SMILES string of the molecule is c1cn2nc(N3CCOCC3)sc2n1. The summed E-state index contributed by atoms with van der Waals surface area (Å²) in [5.74, 6) is 0. The van der Waals surface area contributed by atoms with Crippen LogP contribution < -0.4 is 4.90 Å². The molecule has 6 heteroatoms. The second kappa shape index (κ2) is 3.21. The van der Waals surface area contributed by atoms with Gasteiger partial charge in [-0.3, -0.25) is 0 Å². The van der Waals surface area contributed by atoms with E-state index in [1.807, 2.05) is 10.7 Å². The highest BCUT2D eigenvalue weighted by Gasteiger charge is 2.15. The van der Waals surface area contributed by atoms with Gasteiger partial charge in [0, 0.05) is 19.3 Å². The molecule has 0 atom stereocenters. The zero-order chi connectivity index (χ0) is 9.38. The highest BCUT2D eigenvalue weighted by molar-refractivity contribution is 7.20. The summed E-state index contributed by atoms with van der Waals surface area (Å²) in [6, 6.07) is 0. The van der Waals surface area contributed by atoms with Gasteiger partial charge in [-0.1, -0.05) is 11.3 Å². The second-order valence-corrected chi connectivity index (χ2v) is 4.07. The third-order valence-electron chi connectivity index (χ3n) is 2.25. The van der Waals surface area contributed by atoms with E-state index in [9.17, 15) is 0 Å². The Labute approximate surface area is 84.9 Å². The maximum atomic E-state index is 5.29. The summed E-state index contributed by atoms with van der Waals surface area (Å²) in [4.78, 5) is 7.38. The lowest BCUT2D eigenvalue weighted by Gasteiger charge is -2.25. The number of hydrogen-bond acceptors (Lipinski definition) is 5. The smallest absolute Gasteiger partial charge is 0.213 e. The van der Waals surface area contributed by atoms with Crippen LogP contribution in [-0.2, 0) is 4.74 Å². The highest BCUT2D eigenvalue weighted by atomic mass is 32.1. The van der Waals surface area contributed by atoms with Crippen LogP contribution in [0.3, 0.4) is 0 Å². The van der Waals surface area contributed by atoms with Gasteiger partial charge in [-0.05, 0) is 0 Å². The summed E-state index contributed by atoms with van der Waals surface area (Å²) in [6.45, 7) is 3.44. The van der Waals surface area contributed by atoms with Gasteiger partial charge in [-0.15, -0.1) is 5.10 Å². The number of aromatic nitrogens is 3. The van der Waals surface area contributed by atoms with Crippen molar-refractivity contribution < 1.29 is 4.74 Å². The molecule has 0 unspecified atom stereocenters. The monoisotopic (exact) mass is 210 g/mol. The number of nitrogens with zero attached hydrogens (tertiary/aromatic N) is 4. The van der Waals surface area contributed by atoms with E-state index in [-0.39, 0.29) is 0 Å². The first kappa shape index (κ1) is 8.19. The third-order valence-corrected chi connectivity index (χ3v) is 3.24. The molecule has 3 heterocycles. The molecular weight excluding hydrogens is 200 g/mol. The number of ether oxygens (including phenoxy) is 1. The lowest BCUT2D eigenvalue weighted by molar-refractivity contribution is 0.122. The fourth-order valence-electron chi connectivity index (χ4n) is 1.51. The average molecular weight is 210 g/mol. The van der Waals surface area contributed by atoms with Crippen LogP contribution in [0.15, 0.2) is 12.4 Å². The van der Waals surface area contributed by atoms with E-state index >= 15 is 0 Å². The van der Waals surface area contributed by atoms with Gasteiger partial charge in [0.25, 0.3) is 0 Å². The molecule has 0 saturated carbocycles. The number of imidazole rings is 1. The molecule has 0 amide bonds. The van der Waals surface area contributed by atoms with Crippen molar-refractivity contribution in [1.82, 2.24) is 14.6 Å². The third kappa shape index (κ3) is 1.27. The van der Waals surface area contributed by atoms with Gasteiger partial charge in [0.1, 0.15) is 0 Å². The van der Waals surface area contributed by atoms with Crippen molar-refractivity contribution in [2.24, 2.45) is 0 Å². The maximum Gasteiger partial charge on any atom is 0.213 e. The van der Waals surface area contributed by atoms with E-state index < -0.39 is 0 Å². The zero-order valence-corrected chi connectivity index (χ0v) is 8.40. The molecule has 2 aromatic heterocycles. The molecule has 1 fully saturated rings. The van der Waals surface area contributed by atoms with Crippen LogP contribution in [0, 0.1) is 0 Å². The zero-order valence-electron chi connectivity index (χ0n) is 7.59. The van der Waals surface area contributed by atoms with E-state index in [4.69, 9.17) is 4.74 Å². The van der Waals surface area contributed by atoms with E-state index in [1.54, 1.807) is 17.5 Å². The number of fused-ring (bicyclic) bond motifs is 1. The quantitative estimate of drug-likeness (QED) is 0.692. The molecule has 0 spiro atoms. The van der Waals surface area contributed by atoms with Gasteiger partial charge in [0.2, 0.25) is 10.1 Å². The van der Waals surface area contributed by atoms with Crippen LogP contribution >= 0.6 is 11.3 Å². The Morgan fingerprint density at radius 2 is 2.21 bits per heavy atom. The van der Waals surface area contributed by atoms with Gasteiger partial charge in [0.05, 0.1) is 19.4 Å². The molecule has 0 bridgehead atoms. The topological polar surface area (TPSA) is 42.7 Å². The van der Waals surface area contributed by atoms with E-state index in [1.165, 1.54) is 0 Å². The Kier molecular flexibility index (Phi) is 1.88. The normalized spacial score (nSPS) is 17.9. The Morgan fingerprint density at radius 3 is 3.00 bits per heavy atom. The van der Waals surface area contributed by atoms with Crippen LogP contribution in [0.1, 0.15) is 0 Å². The fraction of sp³-hybridized carbons (Fsp3) is 0.500. The van der Waals surface area contributed by atoms with Crippen LogP contribution in [0.5, 0.6) is 0 Å². The lowest BCUT2D eigenvalue weighted by atomic mass is 10.5. The largest absolute Gasteiger partial charge is 0.378 e. The average Bonchev–Trinajstić information content (AvgIpc) is 2.78. The number of hydrogen-bond donors (Lipinski definition) is 0. The fourth-order valence-corrected chi connectivity index (χ4v) is 2.42. The molecule has 3 rings (SSSR count). The molecule has 0 aliphatic carbocycles. The summed E-state index contributed by atoms with van der Waals surface area (Å²) in [6.07, 6.45) is 3.64. The minimum absolute atomic E-state index is 0.794. The highest BCUT2D eigenvalue weighted by Crippen LogP contribution is 2.22. The summed E-state index contributed by atoms with van der Waals surface area (Å²) < 4.78 is 7.10. The van der Waals surface area contributed by atoms with Gasteiger partial charge in [-0.2, -0.15) is 0 Å². The van der Waals surface area contributed by atoms with Crippen molar-refractivity contribution in [1.29, 1.82) is 0 Å². The molecule has 74 valence electrons. The van der Waals surface area contributed by atoms with E-state index in [0.29, 0.717) is 0 Å². The molecule has 0 aromatic carbocycles. The van der Waals surface area contributed by atoms with Crippen LogP contribution in [0.2, 0.25) is 0 Å². The predicted octanol–water partition coefficient (Wildman–Crippen LogP) is 0.627. The van der Waals surface area contributed by atoms with Crippen molar-refractivity contribution in [2.45, 2.75) is 0 Å². The van der Waals surface area contributed by atoms with Crippen molar-refractivity contribution in [2.75, 3.05) is 31.2 Å². The molecule has 14 heavy (non-hydrogen) atoms. The van der Waals surface area contributed by atoms with Crippen LogP contribution in [0.25, 0.3) is 4.96 Å². The van der Waals surface area contributed by atoms with Gasteiger partial charge >= 0.3 is 0 Å². The van der Waals surface area contributed by atoms with Gasteiger partial charge < -0.3 is 9.64 Å². The Balaban J connectivity index is 1.92. The Hall–Kier alpha value is -1.14. The summed E-state index contributed by atoms with van der Waals surface area (Å²) in [5, 5.41) is 5.48. The minimum Gasteiger partial charge on any atom is -0.378 e. The summed E-state index contributed by atoms with van der Waals surface area (Å²) in [5.41, 5.74) is 0. The molecule has 5 nitrogen and oxygen atoms in total. The number of rotatable bonds is 1. The summed E-state index contributed by atoms with van der Waals surface area (Å²) in [7, 11) is 0. The molecule has 1 saturated heterocycles.